The number of hydrogen-bond acceptors (Lipinski definition) is 4. The van der Waals surface area contributed by atoms with E-state index in [0.29, 0.717) is 18.1 Å². The summed E-state index contributed by atoms with van der Waals surface area (Å²) in [7, 11) is 0. The number of nitrogens with zero attached hydrogens (tertiary/aromatic N) is 4. The molecule has 0 radical (unpaired) electrons. The summed E-state index contributed by atoms with van der Waals surface area (Å²) in [5, 5.41) is 7.32. The molecule has 2 aliphatic rings. The van der Waals surface area contributed by atoms with Crippen molar-refractivity contribution >= 4 is 5.91 Å². The van der Waals surface area contributed by atoms with Crippen LogP contribution in [0.4, 0.5) is 4.39 Å². The van der Waals surface area contributed by atoms with Crippen LogP contribution in [0.25, 0.3) is 5.69 Å². The van der Waals surface area contributed by atoms with E-state index in [4.69, 9.17) is 0 Å². The number of benzene rings is 1. The number of nitrogens with one attached hydrogen (secondary N) is 1. The van der Waals surface area contributed by atoms with Gasteiger partial charge in [-0.25, -0.2) is 14.1 Å². The molecule has 1 N–H and O–H groups in total. The largest absolute Gasteiger partial charge is 0.347 e. The Morgan fingerprint density at radius 2 is 1.92 bits per heavy atom. The van der Waals surface area contributed by atoms with Gasteiger partial charge in [0, 0.05) is 12.1 Å². The predicted octanol–water partition coefficient (Wildman–Crippen LogP) is 2.07. The number of carbonyl (C=O) groups excluding carboxylic acids is 1. The molecule has 7 heteroatoms. The van der Waals surface area contributed by atoms with Crippen LogP contribution in [-0.2, 0) is 0 Å². The standard InChI is InChI=1S/C18H22FN5O/c1-13-21-16(22-24(13)15-6-4-14(19)5-7-15)17(25)20-12-18-8-2-10-23(18)11-3-9-18/h4-7H,2-3,8-12H2,1H3,(H,20,25). The summed E-state index contributed by atoms with van der Waals surface area (Å²) in [6, 6.07) is 5.97. The molecule has 2 fully saturated rings. The molecule has 1 aromatic heterocycles. The molecule has 2 saturated heterocycles. The number of carbonyl (C=O) groups is 1. The quantitative estimate of drug-likeness (QED) is 0.923. The molecule has 132 valence electrons. The van der Waals surface area contributed by atoms with E-state index in [1.165, 1.54) is 25.0 Å². The zero-order valence-electron chi connectivity index (χ0n) is 14.3. The van der Waals surface area contributed by atoms with Gasteiger partial charge in [0.1, 0.15) is 11.6 Å². The first kappa shape index (κ1) is 16.2. The van der Waals surface area contributed by atoms with Crippen molar-refractivity contribution in [2.24, 2.45) is 0 Å². The van der Waals surface area contributed by atoms with E-state index in [-0.39, 0.29) is 23.1 Å². The molecule has 0 atom stereocenters. The van der Waals surface area contributed by atoms with Gasteiger partial charge in [0.05, 0.1) is 5.69 Å². The third kappa shape index (κ3) is 2.93. The topological polar surface area (TPSA) is 63.1 Å². The van der Waals surface area contributed by atoms with Gasteiger partial charge < -0.3 is 5.32 Å². The molecule has 6 nitrogen and oxygen atoms in total. The Kier molecular flexibility index (Phi) is 4.03. The molecular formula is C18H22FN5O. The first-order valence-electron chi connectivity index (χ1n) is 8.80. The summed E-state index contributed by atoms with van der Waals surface area (Å²) in [5.41, 5.74) is 0.811. The number of halogens is 1. The lowest BCUT2D eigenvalue weighted by molar-refractivity contribution is 0.0909. The summed E-state index contributed by atoms with van der Waals surface area (Å²) in [5.74, 6) is 0.188. The minimum Gasteiger partial charge on any atom is -0.347 e. The van der Waals surface area contributed by atoms with E-state index in [1.807, 2.05) is 0 Å². The average Bonchev–Trinajstić information content (AvgIpc) is 3.27. The van der Waals surface area contributed by atoms with Crippen LogP contribution >= 0.6 is 0 Å². The number of amides is 1. The Morgan fingerprint density at radius 1 is 1.24 bits per heavy atom. The van der Waals surface area contributed by atoms with Crippen LogP contribution in [0.1, 0.15) is 42.1 Å². The van der Waals surface area contributed by atoms with Gasteiger partial charge in [-0.05, 0) is 70.0 Å². The van der Waals surface area contributed by atoms with Crippen LogP contribution in [0, 0.1) is 12.7 Å². The minimum atomic E-state index is -0.309. The zero-order valence-corrected chi connectivity index (χ0v) is 14.3. The molecule has 25 heavy (non-hydrogen) atoms. The van der Waals surface area contributed by atoms with Crippen LogP contribution in [0.15, 0.2) is 24.3 Å². The summed E-state index contributed by atoms with van der Waals surface area (Å²) in [6.45, 7) is 4.69. The Morgan fingerprint density at radius 3 is 2.60 bits per heavy atom. The van der Waals surface area contributed by atoms with E-state index in [1.54, 1.807) is 23.7 Å². The smallest absolute Gasteiger partial charge is 0.291 e. The molecular weight excluding hydrogens is 321 g/mol. The van der Waals surface area contributed by atoms with E-state index in [0.717, 1.165) is 25.9 Å². The van der Waals surface area contributed by atoms with Crippen LogP contribution in [0.3, 0.4) is 0 Å². The lowest BCUT2D eigenvalue weighted by Crippen LogP contribution is -2.48. The first-order valence-corrected chi connectivity index (χ1v) is 8.80. The van der Waals surface area contributed by atoms with Crippen LogP contribution < -0.4 is 5.32 Å². The SMILES string of the molecule is Cc1nc(C(=O)NCC23CCCN2CCC3)nn1-c1ccc(F)cc1. The highest BCUT2D eigenvalue weighted by atomic mass is 19.1. The van der Waals surface area contributed by atoms with Gasteiger partial charge in [0.2, 0.25) is 5.82 Å². The van der Waals surface area contributed by atoms with Gasteiger partial charge in [-0.2, -0.15) is 0 Å². The van der Waals surface area contributed by atoms with Crippen molar-refractivity contribution < 1.29 is 9.18 Å². The maximum Gasteiger partial charge on any atom is 0.291 e. The van der Waals surface area contributed by atoms with Gasteiger partial charge in [-0.15, -0.1) is 5.10 Å². The van der Waals surface area contributed by atoms with Gasteiger partial charge in [-0.1, -0.05) is 0 Å². The molecule has 1 amide bonds. The predicted molar refractivity (Wildman–Crippen MR) is 91.2 cm³/mol. The van der Waals surface area contributed by atoms with Crippen molar-refractivity contribution in [3.05, 3.63) is 41.7 Å². The molecule has 0 spiro atoms. The van der Waals surface area contributed by atoms with Gasteiger partial charge in [0.15, 0.2) is 0 Å². The van der Waals surface area contributed by atoms with Gasteiger partial charge in [0.25, 0.3) is 5.91 Å². The molecule has 2 aromatic rings. The molecule has 4 rings (SSSR count). The fourth-order valence-electron chi connectivity index (χ4n) is 4.15. The number of aryl methyl sites for hydroxylation is 1. The second-order valence-corrected chi connectivity index (χ2v) is 6.97. The molecule has 0 bridgehead atoms. The van der Waals surface area contributed by atoms with Gasteiger partial charge >= 0.3 is 0 Å². The molecule has 0 unspecified atom stereocenters. The minimum absolute atomic E-state index is 0.129. The van der Waals surface area contributed by atoms with E-state index >= 15 is 0 Å². The Bertz CT molecular complexity index is 775. The fraction of sp³-hybridized carbons (Fsp3) is 0.500. The summed E-state index contributed by atoms with van der Waals surface area (Å²) in [6.07, 6.45) is 4.69. The highest BCUT2D eigenvalue weighted by Crippen LogP contribution is 2.38. The lowest BCUT2D eigenvalue weighted by atomic mass is 9.94. The third-order valence-electron chi connectivity index (χ3n) is 5.43. The second-order valence-electron chi connectivity index (χ2n) is 6.97. The number of aromatic nitrogens is 3. The fourth-order valence-corrected chi connectivity index (χ4v) is 4.15. The van der Waals surface area contributed by atoms with Crippen LogP contribution in [0.5, 0.6) is 0 Å². The van der Waals surface area contributed by atoms with Crippen molar-refractivity contribution in [2.75, 3.05) is 19.6 Å². The normalized spacial score (nSPS) is 19.1. The summed E-state index contributed by atoms with van der Waals surface area (Å²) >= 11 is 0. The van der Waals surface area contributed by atoms with Crippen LogP contribution in [-0.4, -0.2) is 50.7 Å². The molecule has 1 aromatic carbocycles. The highest BCUT2D eigenvalue weighted by molar-refractivity contribution is 5.90. The maximum atomic E-state index is 13.1. The first-order chi connectivity index (χ1) is 12.1. The van der Waals surface area contributed by atoms with E-state index in [9.17, 15) is 9.18 Å². The maximum absolute atomic E-state index is 13.1. The van der Waals surface area contributed by atoms with Crippen LogP contribution in [0.2, 0.25) is 0 Å². The Balaban J connectivity index is 1.48. The summed E-state index contributed by atoms with van der Waals surface area (Å²) in [4.78, 5) is 19.3. The third-order valence-corrected chi connectivity index (χ3v) is 5.43. The Labute approximate surface area is 146 Å². The Hall–Kier alpha value is -2.28. The van der Waals surface area contributed by atoms with Crippen molar-refractivity contribution in [1.29, 1.82) is 0 Å². The molecule has 3 heterocycles. The highest BCUT2D eigenvalue weighted by Gasteiger charge is 2.44. The lowest BCUT2D eigenvalue weighted by Gasteiger charge is -2.31. The molecule has 2 aliphatic heterocycles. The molecule has 0 saturated carbocycles. The molecule has 0 aliphatic carbocycles. The summed E-state index contributed by atoms with van der Waals surface area (Å²) < 4.78 is 14.6. The van der Waals surface area contributed by atoms with Crippen molar-refractivity contribution in [3.63, 3.8) is 0 Å². The second kappa shape index (κ2) is 6.22. The average molecular weight is 343 g/mol. The van der Waals surface area contributed by atoms with E-state index in [2.05, 4.69) is 20.3 Å². The van der Waals surface area contributed by atoms with Crippen molar-refractivity contribution in [1.82, 2.24) is 25.0 Å². The van der Waals surface area contributed by atoms with Crippen molar-refractivity contribution in [2.45, 2.75) is 38.1 Å². The number of rotatable bonds is 4. The monoisotopic (exact) mass is 343 g/mol. The van der Waals surface area contributed by atoms with Gasteiger partial charge in [-0.3, -0.25) is 9.69 Å². The number of fused-ring (bicyclic) bond motifs is 1. The zero-order chi connectivity index (χ0) is 17.4. The number of hydrogen-bond donors (Lipinski definition) is 1. The van der Waals surface area contributed by atoms with Crippen molar-refractivity contribution in [3.8, 4) is 5.69 Å². The van der Waals surface area contributed by atoms with E-state index < -0.39 is 0 Å².